The van der Waals surface area contributed by atoms with Crippen molar-refractivity contribution in [2.45, 2.75) is 44.2 Å². The van der Waals surface area contributed by atoms with Crippen LogP contribution in [0.1, 0.15) is 37.0 Å². The third-order valence-electron chi connectivity index (χ3n) is 3.16. The summed E-state index contributed by atoms with van der Waals surface area (Å²) in [5.41, 5.74) is 0. The quantitative estimate of drug-likeness (QED) is 0.698. The van der Waals surface area contributed by atoms with Crippen LogP contribution in [0.25, 0.3) is 0 Å². The Morgan fingerprint density at radius 2 is 2.31 bits per heavy atom. The Kier molecular flexibility index (Phi) is 1.47. The number of hydrogen-bond acceptors (Lipinski definition) is 4. The van der Waals surface area contributed by atoms with E-state index in [0.717, 1.165) is 5.89 Å². The van der Waals surface area contributed by atoms with Crippen LogP contribution in [0.2, 0.25) is 0 Å². The number of aromatic nitrogens is 2. The molecule has 3 unspecified atom stereocenters. The first-order valence-corrected chi connectivity index (χ1v) is 4.89. The molecule has 0 saturated carbocycles. The molecule has 3 rings (SSSR count). The van der Waals surface area contributed by atoms with Crippen molar-refractivity contribution in [3.63, 3.8) is 0 Å². The van der Waals surface area contributed by atoms with E-state index in [1.165, 1.54) is 19.3 Å². The Morgan fingerprint density at radius 1 is 1.38 bits per heavy atom. The number of aryl methyl sites for hydroxylation is 1. The summed E-state index contributed by atoms with van der Waals surface area (Å²) in [5, 5.41) is 11.5. The van der Waals surface area contributed by atoms with Crippen LogP contribution in [0, 0.1) is 6.92 Å². The Bertz CT molecular complexity index is 322. The molecular formula is C9H13N3O. The molecule has 0 radical (unpaired) electrons. The number of rotatable bonds is 1. The summed E-state index contributed by atoms with van der Waals surface area (Å²) in [6.45, 7) is 1.84. The van der Waals surface area contributed by atoms with Crippen molar-refractivity contribution in [1.29, 1.82) is 0 Å². The van der Waals surface area contributed by atoms with Gasteiger partial charge in [-0.1, -0.05) is 0 Å². The molecule has 1 aromatic rings. The molecule has 70 valence electrons. The highest BCUT2D eigenvalue weighted by atomic mass is 16.4. The van der Waals surface area contributed by atoms with E-state index in [9.17, 15) is 0 Å². The first kappa shape index (κ1) is 7.50. The van der Waals surface area contributed by atoms with Gasteiger partial charge in [-0.25, -0.2) is 0 Å². The van der Waals surface area contributed by atoms with E-state index in [1.54, 1.807) is 0 Å². The zero-order valence-electron chi connectivity index (χ0n) is 7.66. The molecule has 2 aliphatic heterocycles. The molecule has 2 saturated heterocycles. The molecule has 2 bridgehead atoms. The molecule has 0 amide bonds. The molecule has 0 aromatic carbocycles. The van der Waals surface area contributed by atoms with Gasteiger partial charge in [0.15, 0.2) is 0 Å². The number of nitrogens with zero attached hydrogens (tertiary/aromatic N) is 2. The van der Waals surface area contributed by atoms with Crippen LogP contribution < -0.4 is 5.32 Å². The SMILES string of the molecule is Cc1nnc(C2CC3CCC2N3)o1. The first-order chi connectivity index (χ1) is 6.33. The van der Waals surface area contributed by atoms with Crippen molar-refractivity contribution in [3.05, 3.63) is 11.8 Å². The second kappa shape index (κ2) is 2.54. The van der Waals surface area contributed by atoms with Gasteiger partial charge in [0.25, 0.3) is 0 Å². The van der Waals surface area contributed by atoms with Gasteiger partial charge in [-0.05, 0) is 19.3 Å². The van der Waals surface area contributed by atoms with Gasteiger partial charge in [0.2, 0.25) is 11.8 Å². The van der Waals surface area contributed by atoms with Crippen LogP contribution in [0.15, 0.2) is 4.42 Å². The maximum atomic E-state index is 5.46. The normalized spacial score (nSPS) is 37.2. The zero-order chi connectivity index (χ0) is 8.84. The van der Waals surface area contributed by atoms with E-state index in [0.29, 0.717) is 23.9 Å². The smallest absolute Gasteiger partial charge is 0.221 e. The van der Waals surface area contributed by atoms with Crippen molar-refractivity contribution in [2.75, 3.05) is 0 Å². The molecule has 1 aromatic heterocycles. The van der Waals surface area contributed by atoms with Gasteiger partial charge < -0.3 is 9.73 Å². The van der Waals surface area contributed by atoms with Crippen LogP contribution in [-0.2, 0) is 0 Å². The highest BCUT2D eigenvalue weighted by Gasteiger charge is 2.42. The molecule has 13 heavy (non-hydrogen) atoms. The van der Waals surface area contributed by atoms with Gasteiger partial charge in [-0.15, -0.1) is 10.2 Å². The summed E-state index contributed by atoms with van der Waals surface area (Å²) in [5.74, 6) is 1.98. The van der Waals surface area contributed by atoms with Gasteiger partial charge in [0.1, 0.15) is 0 Å². The minimum Gasteiger partial charge on any atom is -0.425 e. The Hall–Kier alpha value is -0.900. The van der Waals surface area contributed by atoms with Crippen LogP contribution in [-0.4, -0.2) is 22.3 Å². The minimum atomic E-state index is 0.472. The van der Waals surface area contributed by atoms with Crippen LogP contribution in [0.5, 0.6) is 0 Å². The van der Waals surface area contributed by atoms with Crippen molar-refractivity contribution in [2.24, 2.45) is 0 Å². The van der Waals surface area contributed by atoms with E-state index >= 15 is 0 Å². The third-order valence-corrected chi connectivity index (χ3v) is 3.16. The minimum absolute atomic E-state index is 0.472. The molecule has 4 heteroatoms. The van der Waals surface area contributed by atoms with E-state index < -0.39 is 0 Å². The molecule has 0 spiro atoms. The average molecular weight is 179 g/mol. The van der Waals surface area contributed by atoms with Gasteiger partial charge in [0, 0.05) is 19.0 Å². The standard InChI is InChI=1S/C9H13N3O/c1-5-11-12-9(13-5)7-4-6-2-3-8(7)10-6/h6-8,10H,2-4H2,1H3. The molecule has 0 aliphatic carbocycles. The van der Waals surface area contributed by atoms with E-state index in [2.05, 4.69) is 15.5 Å². The van der Waals surface area contributed by atoms with Gasteiger partial charge >= 0.3 is 0 Å². The lowest BCUT2D eigenvalue weighted by molar-refractivity contribution is 0.383. The van der Waals surface area contributed by atoms with E-state index in [4.69, 9.17) is 4.42 Å². The Morgan fingerprint density at radius 3 is 2.85 bits per heavy atom. The number of nitrogens with one attached hydrogen (secondary N) is 1. The number of hydrogen-bond donors (Lipinski definition) is 1. The van der Waals surface area contributed by atoms with Crippen molar-refractivity contribution in [1.82, 2.24) is 15.5 Å². The highest BCUT2D eigenvalue weighted by molar-refractivity contribution is 5.09. The Balaban J connectivity index is 1.87. The molecular weight excluding hydrogens is 166 g/mol. The third kappa shape index (κ3) is 1.09. The van der Waals surface area contributed by atoms with Crippen LogP contribution >= 0.6 is 0 Å². The largest absolute Gasteiger partial charge is 0.425 e. The summed E-state index contributed by atoms with van der Waals surface area (Å²) >= 11 is 0. The lowest BCUT2D eigenvalue weighted by Crippen LogP contribution is -2.21. The maximum Gasteiger partial charge on any atom is 0.221 e. The maximum absolute atomic E-state index is 5.46. The molecule has 3 heterocycles. The van der Waals surface area contributed by atoms with Crippen molar-refractivity contribution < 1.29 is 4.42 Å². The van der Waals surface area contributed by atoms with E-state index in [1.807, 2.05) is 6.92 Å². The summed E-state index contributed by atoms with van der Waals surface area (Å²) in [6.07, 6.45) is 3.75. The fraction of sp³-hybridized carbons (Fsp3) is 0.778. The lowest BCUT2D eigenvalue weighted by Gasteiger charge is -2.15. The fourth-order valence-electron chi connectivity index (χ4n) is 2.56. The molecule has 2 fully saturated rings. The highest BCUT2D eigenvalue weighted by Crippen LogP contribution is 2.39. The van der Waals surface area contributed by atoms with Crippen molar-refractivity contribution >= 4 is 0 Å². The summed E-state index contributed by atoms with van der Waals surface area (Å²) in [4.78, 5) is 0. The lowest BCUT2D eigenvalue weighted by atomic mass is 9.89. The predicted octanol–water partition coefficient (Wildman–Crippen LogP) is 0.986. The average Bonchev–Trinajstić information content (AvgIpc) is 2.77. The van der Waals surface area contributed by atoms with Gasteiger partial charge in [-0.3, -0.25) is 0 Å². The van der Waals surface area contributed by atoms with Gasteiger partial charge in [-0.2, -0.15) is 0 Å². The molecule has 2 aliphatic rings. The van der Waals surface area contributed by atoms with Crippen molar-refractivity contribution in [3.8, 4) is 0 Å². The Labute approximate surface area is 76.7 Å². The first-order valence-electron chi connectivity index (χ1n) is 4.89. The zero-order valence-corrected chi connectivity index (χ0v) is 7.66. The molecule has 3 atom stereocenters. The second-order valence-corrected chi connectivity index (χ2v) is 4.05. The van der Waals surface area contributed by atoms with Crippen LogP contribution in [0.4, 0.5) is 0 Å². The monoisotopic (exact) mass is 179 g/mol. The fourth-order valence-corrected chi connectivity index (χ4v) is 2.56. The topological polar surface area (TPSA) is 51.0 Å². The number of fused-ring (bicyclic) bond motifs is 2. The summed E-state index contributed by atoms with van der Waals surface area (Å²) in [7, 11) is 0. The summed E-state index contributed by atoms with van der Waals surface area (Å²) in [6, 6.07) is 1.28. The summed E-state index contributed by atoms with van der Waals surface area (Å²) < 4.78 is 5.46. The van der Waals surface area contributed by atoms with E-state index in [-0.39, 0.29) is 0 Å². The van der Waals surface area contributed by atoms with Gasteiger partial charge in [0.05, 0.1) is 5.92 Å². The predicted molar refractivity (Wildman–Crippen MR) is 46.3 cm³/mol. The second-order valence-electron chi connectivity index (χ2n) is 4.05. The molecule has 4 nitrogen and oxygen atoms in total. The van der Waals surface area contributed by atoms with Crippen LogP contribution in [0.3, 0.4) is 0 Å². The molecule has 1 N–H and O–H groups in total.